The molecular formula is C12H7N3O2S. The van der Waals surface area contributed by atoms with E-state index in [1.807, 2.05) is 0 Å². The minimum atomic E-state index is -0.240. The van der Waals surface area contributed by atoms with Crippen molar-refractivity contribution in [1.29, 1.82) is 0 Å². The third kappa shape index (κ3) is 1.72. The number of fused-ring (bicyclic) bond motifs is 1. The highest BCUT2D eigenvalue weighted by Crippen LogP contribution is 2.22. The van der Waals surface area contributed by atoms with Crippen LogP contribution in [0.15, 0.2) is 35.4 Å². The zero-order valence-corrected chi connectivity index (χ0v) is 9.90. The first-order valence-corrected chi connectivity index (χ1v) is 5.99. The number of H-pyrrole nitrogens is 1. The highest BCUT2D eigenvalue weighted by Gasteiger charge is 2.09. The van der Waals surface area contributed by atoms with Gasteiger partial charge in [-0.25, -0.2) is 4.98 Å². The van der Waals surface area contributed by atoms with E-state index < -0.39 is 0 Å². The number of aldehydes is 1. The molecule has 0 atom stereocenters. The highest BCUT2D eigenvalue weighted by molar-refractivity contribution is 7.20. The van der Waals surface area contributed by atoms with Gasteiger partial charge in [0.25, 0.3) is 5.56 Å². The second-order valence-corrected chi connectivity index (χ2v) is 4.70. The van der Waals surface area contributed by atoms with E-state index in [9.17, 15) is 9.59 Å². The molecule has 1 N–H and O–H groups in total. The van der Waals surface area contributed by atoms with Gasteiger partial charge in [-0.1, -0.05) is 0 Å². The van der Waals surface area contributed by atoms with Crippen molar-refractivity contribution in [2.45, 2.75) is 0 Å². The van der Waals surface area contributed by atoms with Crippen LogP contribution in [0.3, 0.4) is 0 Å². The average Bonchev–Trinajstić information content (AvgIpc) is 2.83. The summed E-state index contributed by atoms with van der Waals surface area (Å²) in [6, 6.07) is 5.08. The molecule has 3 aromatic rings. The zero-order valence-electron chi connectivity index (χ0n) is 9.08. The third-order valence-corrected chi connectivity index (χ3v) is 3.45. The van der Waals surface area contributed by atoms with Crippen LogP contribution in [0.1, 0.15) is 9.67 Å². The number of hydrogen-bond donors (Lipinski definition) is 1. The SMILES string of the molecule is O=Cc1cc2c(=O)[nH]c(-c3ccncc3)nc2s1. The Morgan fingerprint density at radius 1 is 1.28 bits per heavy atom. The molecule has 0 aromatic carbocycles. The van der Waals surface area contributed by atoms with Gasteiger partial charge in [0.2, 0.25) is 0 Å². The molecule has 0 spiro atoms. The number of aromatic nitrogens is 3. The van der Waals surface area contributed by atoms with Crippen LogP contribution < -0.4 is 5.56 Å². The normalized spacial score (nSPS) is 10.7. The lowest BCUT2D eigenvalue weighted by molar-refractivity contribution is 0.112. The molecule has 0 bridgehead atoms. The lowest BCUT2D eigenvalue weighted by atomic mass is 10.2. The largest absolute Gasteiger partial charge is 0.306 e. The summed E-state index contributed by atoms with van der Waals surface area (Å²) in [6.07, 6.45) is 3.98. The van der Waals surface area contributed by atoms with Crippen LogP contribution in [-0.4, -0.2) is 21.2 Å². The van der Waals surface area contributed by atoms with Crippen LogP contribution in [0.25, 0.3) is 21.6 Å². The van der Waals surface area contributed by atoms with Gasteiger partial charge in [0.1, 0.15) is 10.7 Å². The molecular weight excluding hydrogens is 250 g/mol. The van der Waals surface area contributed by atoms with Gasteiger partial charge in [0.15, 0.2) is 6.29 Å². The fourth-order valence-corrected chi connectivity index (χ4v) is 2.50. The van der Waals surface area contributed by atoms with Gasteiger partial charge in [-0.3, -0.25) is 14.6 Å². The molecule has 0 fully saturated rings. The smallest absolute Gasteiger partial charge is 0.259 e. The van der Waals surface area contributed by atoms with E-state index in [4.69, 9.17) is 0 Å². The van der Waals surface area contributed by atoms with Crippen molar-refractivity contribution < 1.29 is 4.79 Å². The van der Waals surface area contributed by atoms with Crippen LogP contribution in [0.4, 0.5) is 0 Å². The van der Waals surface area contributed by atoms with Gasteiger partial charge in [-0.15, -0.1) is 11.3 Å². The lowest BCUT2D eigenvalue weighted by Crippen LogP contribution is -2.07. The van der Waals surface area contributed by atoms with Gasteiger partial charge >= 0.3 is 0 Å². The van der Waals surface area contributed by atoms with Gasteiger partial charge in [0.05, 0.1) is 10.3 Å². The van der Waals surface area contributed by atoms with Crippen molar-refractivity contribution in [3.8, 4) is 11.4 Å². The number of carbonyl (C=O) groups is 1. The van der Waals surface area contributed by atoms with Crippen molar-refractivity contribution in [2.24, 2.45) is 0 Å². The van der Waals surface area contributed by atoms with Crippen LogP contribution in [0.2, 0.25) is 0 Å². The molecule has 0 aliphatic heterocycles. The first-order chi connectivity index (χ1) is 8.78. The average molecular weight is 257 g/mol. The number of hydrogen-bond acceptors (Lipinski definition) is 5. The Morgan fingerprint density at radius 3 is 2.78 bits per heavy atom. The summed E-state index contributed by atoms with van der Waals surface area (Å²) in [5.74, 6) is 0.481. The molecule has 3 rings (SSSR count). The molecule has 0 saturated carbocycles. The fourth-order valence-electron chi connectivity index (χ4n) is 1.65. The van der Waals surface area contributed by atoms with Crippen molar-refractivity contribution in [1.82, 2.24) is 15.0 Å². The highest BCUT2D eigenvalue weighted by atomic mass is 32.1. The maximum Gasteiger partial charge on any atom is 0.259 e. The van der Waals surface area contributed by atoms with Crippen LogP contribution in [-0.2, 0) is 0 Å². The number of pyridine rings is 1. The Bertz CT molecular complexity index is 777. The zero-order chi connectivity index (χ0) is 12.5. The number of aromatic amines is 1. The van der Waals surface area contributed by atoms with Gasteiger partial charge in [-0.2, -0.15) is 0 Å². The van der Waals surface area contributed by atoms with E-state index in [1.54, 1.807) is 30.6 Å². The second kappa shape index (κ2) is 4.15. The molecule has 88 valence electrons. The van der Waals surface area contributed by atoms with Gasteiger partial charge in [0, 0.05) is 18.0 Å². The fraction of sp³-hybridized carbons (Fsp3) is 0. The first kappa shape index (κ1) is 10.8. The van der Waals surface area contributed by atoms with Crippen LogP contribution in [0.5, 0.6) is 0 Å². The van der Waals surface area contributed by atoms with E-state index in [-0.39, 0.29) is 5.56 Å². The summed E-state index contributed by atoms with van der Waals surface area (Å²) in [7, 11) is 0. The van der Waals surface area contributed by atoms with Gasteiger partial charge < -0.3 is 4.98 Å². The van der Waals surface area contributed by atoms with Crippen molar-refractivity contribution in [3.63, 3.8) is 0 Å². The molecule has 6 heteroatoms. The Balaban J connectivity index is 2.27. The van der Waals surface area contributed by atoms with Crippen LogP contribution >= 0.6 is 11.3 Å². The third-order valence-electron chi connectivity index (χ3n) is 2.49. The molecule has 0 radical (unpaired) electrons. The standard InChI is InChI=1S/C12H7N3O2S/c16-6-8-5-9-11(17)14-10(15-12(9)18-8)7-1-3-13-4-2-7/h1-6H,(H,14,15,17). The molecule has 0 saturated heterocycles. The van der Waals surface area contributed by atoms with E-state index in [2.05, 4.69) is 15.0 Å². The lowest BCUT2D eigenvalue weighted by Gasteiger charge is -1.99. The quantitative estimate of drug-likeness (QED) is 0.711. The number of rotatable bonds is 2. The van der Waals surface area contributed by atoms with E-state index in [0.29, 0.717) is 20.9 Å². The Morgan fingerprint density at radius 2 is 2.06 bits per heavy atom. The van der Waals surface area contributed by atoms with Crippen molar-refractivity contribution in [2.75, 3.05) is 0 Å². The maximum atomic E-state index is 11.9. The molecule has 18 heavy (non-hydrogen) atoms. The minimum Gasteiger partial charge on any atom is -0.306 e. The summed E-state index contributed by atoms with van der Waals surface area (Å²) >= 11 is 1.21. The summed E-state index contributed by atoms with van der Waals surface area (Å²) in [5, 5.41) is 0.444. The maximum absolute atomic E-state index is 11.9. The number of thiophene rings is 1. The number of nitrogens with one attached hydrogen (secondary N) is 1. The topological polar surface area (TPSA) is 75.7 Å². The number of nitrogens with zero attached hydrogens (tertiary/aromatic N) is 2. The predicted molar refractivity (Wildman–Crippen MR) is 68.9 cm³/mol. The molecule has 3 heterocycles. The minimum absolute atomic E-state index is 0.240. The van der Waals surface area contributed by atoms with E-state index in [0.717, 1.165) is 11.8 Å². The second-order valence-electron chi connectivity index (χ2n) is 3.64. The van der Waals surface area contributed by atoms with Crippen molar-refractivity contribution in [3.05, 3.63) is 45.8 Å². The first-order valence-electron chi connectivity index (χ1n) is 5.17. The molecule has 0 amide bonds. The van der Waals surface area contributed by atoms with Crippen LogP contribution in [0, 0.1) is 0 Å². The summed E-state index contributed by atoms with van der Waals surface area (Å²) in [5.41, 5.74) is 0.543. The predicted octanol–water partition coefficient (Wildman–Crippen LogP) is 1.86. The van der Waals surface area contributed by atoms with E-state index in [1.165, 1.54) is 11.3 Å². The number of carbonyl (C=O) groups excluding carboxylic acids is 1. The Hall–Kier alpha value is -2.34. The summed E-state index contributed by atoms with van der Waals surface area (Å²) in [4.78, 5) is 34.6. The monoisotopic (exact) mass is 257 g/mol. The molecule has 0 aliphatic carbocycles. The molecule has 0 unspecified atom stereocenters. The van der Waals surface area contributed by atoms with E-state index >= 15 is 0 Å². The van der Waals surface area contributed by atoms with Crippen molar-refractivity contribution >= 4 is 27.8 Å². The molecule has 3 aromatic heterocycles. The summed E-state index contributed by atoms with van der Waals surface area (Å²) in [6.45, 7) is 0. The molecule has 0 aliphatic rings. The van der Waals surface area contributed by atoms with Gasteiger partial charge in [-0.05, 0) is 18.2 Å². The molecule has 5 nitrogen and oxygen atoms in total. The Kier molecular flexibility index (Phi) is 2.49. The summed E-state index contributed by atoms with van der Waals surface area (Å²) < 4.78 is 0. The Labute approximate surface area is 105 Å².